The molecule has 9 heteroatoms. The van der Waals surface area contributed by atoms with Crippen LogP contribution in [0, 0.1) is 0 Å². The fourth-order valence-electron chi connectivity index (χ4n) is 3.00. The van der Waals surface area contributed by atoms with Crippen molar-refractivity contribution >= 4 is 35.3 Å². The molecule has 1 aromatic carbocycles. The number of unbranched alkanes of at least 4 members (excludes halogenated alkanes) is 1. The molecule has 0 saturated heterocycles. The van der Waals surface area contributed by atoms with Crippen LogP contribution in [-0.4, -0.2) is 45.9 Å². The van der Waals surface area contributed by atoms with Crippen molar-refractivity contribution in [1.29, 1.82) is 0 Å². The number of carbonyl (C=O) groups is 2. The molecule has 0 fully saturated rings. The Morgan fingerprint density at radius 3 is 2.97 bits per heavy atom. The molecule has 0 radical (unpaired) electrons. The van der Waals surface area contributed by atoms with Gasteiger partial charge < -0.3 is 15.6 Å². The molecule has 0 atom stereocenters. The van der Waals surface area contributed by atoms with Crippen LogP contribution >= 0.6 is 11.8 Å². The van der Waals surface area contributed by atoms with E-state index in [-0.39, 0.29) is 30.6 Å². The van der Waals surface area contributed by atoms with Crippen LogP contribution in [0.5, 0.6) is 6.01 Å². The predicted octanol–water partition coefficient (Wildman–Crippen LogP) is 2.55. The normalized spacial score (nSPS) is 12.9. The third-order valence-electron chi connectivity index (χ3n) is 4.45. The summed E-state index contributed by atoms with van der Waals surface area (Å²) in [6.45, 7) is 3.03. The number of carbonyl (C=O) groups excluding carboxylic acids is 1. The average molecular weight is 417 g/mol. The molecule has 3 rings (SSSR count). The molecule has 3 N–H and O–H groups in total. The number of carboxylic acids is 1. The van der Waals surface area contributed by atoms with Gasteiger partial charge in [0.25, 0.3) is 0 Å². The third-order valence-corrected chi connectivity index (χ3v) is 5.42. The van der Waals surface area contributed by atoms with E-state index in [0.717, 1.165) is 23.3 Å². The summed E-state index contributed by atoms with van der Waals surface area (Å²) in [6, 6.07) is 7.61. The maximum Gasteiger partial charge on any atom is 0.320 e. The van der Waals surface area contributed by atoms with Crippen LogP contribution < -0.4 is 15.4 Å². The van der Waals surface area contributed by atoms with E-state index in [2.05, 4.69) is 16.9 Å². The topological polar surface area (TPSA) is 119 Å². The Hall–Kier alpha value is -2.81. The Kier molecular flexibility index (Phi) is 6.92. The number of aromatic nitrogens is 2. The molecular weight excluding hydrogens is 392 g/mol. The molecule has 1 aliphatic heterocycles. The van der Waals surface area contributed by atoms with Gasteiger partial charge in [-0.1, -0.05) is 25.5 Å². The van der Waals surface area contributed by atoms with E-state index >= 15 is 0 Å². The third kappa shape index (κ3) is 5.38. The van der Waals surface area contributed by atoms with E-state index in [4.69, 9.17) is 15.6 Å². The van der Waals surface area contributed by atoms with Gasteiger partial charge in [-0.3, -0.25) is 14.5 Å². The summed E-state index contributed by atoms with van der Waals surface area (Å²) in [7, 11) is 0. The van der Waals surface area contributed by atoms with Gasteiger partial charge in [0.15, 0.2) is 0 Å². The van der Waals surface area contributed by atoms with Gasteiger partial charge >= 0.3 is 12.0 Å². The number of nitrogens with two attached hydrogens (primary N) is 1. The molecular formula is C20H24N4O4S. The number of benzene rings is 1. The Morgan fingerprint density at radius 1 is 1.38 bits per heavy atom. The lowest BCUT2D eigenvalue weighted by molar-refractivity contribution is -0.136. The molecule has 154 valence electrons. The molecule has 0 bridgehead atoms. The van der Waals surface area contributed by atoms with E-state index in [1.54, 1.807) is 22.7 Å². The summed E-state index contributed by atoms with van der Waals surface area (Å²) < 4.78 is 5.56. The standard InChI is InChI=1S/C20H24N4O4S/c1-2-3-8-28-20-22-18(21)15-12-16(25)24(19(15)23-20)7-9-29-14-6-4-5-13(10-14)11-17(26)27/h4-6,10H,2-3,7-9,11-12H2,1H3,(H,26,27)(H2,21,22,23). The van der Waals surface area contributed by atoms with Crippen molar-refractivity contribution in [2.24, 2.45) is 0 Å². The number of hydrogen-bond acceptors (Lipinski definition) is 7. The highest BCUT2D eigenvalue weighted by molar-refractivity contribution is 7.99. The quantitative estimate of drug-likeness (QED) is 0.448. The van der Waals surface area contributed by atoms with Crippen molar-refractivity contribution in [1.82, 2.24) is 9.97 Å². The SMILES string of the molecule is CCCCOc1nc(N)c2c(n1)N(CCSc1cccc(CC(=O)O)c1)C(=O)C2. The van der Waals surface area contributed by atoms with E-state index in [1.807, 2.05) is 18.2 Å². The van der Waals surface area contributed by atoms with Crippen molar-refractivity contribution < 1.29 is 19.4 Å². The zero-order chi connectivity index (χ0) is 20.8. The fraction of sp³-hybridized carbons (Fsp3) is 0.400. The summed E-state index contributed by atoms with van der Waals surface area (Å²) in [5.41, 5.74) is 7.41. The smallest absolute Gasteiger partial charge is 0.320 e. The number of aliphatic carboxylic acids is 1. The molecule has 2 heterocycles. The Labute approximate surface area is 173 Å². The van der Waals surface area contributed by atoms with Gasteiger partial charge in [0.2, 0.25) is 5.91 Å². The van der Waals surface area contributed by atoms with Crippen molar-refractivity contribution in [2.45, 2.75) is 37.5 Å². The van der Waals surface area contributed by atoms with Crippen LogP contribution in [0.1, 0.15) is 30.9 Å². The predicted molar refractivity (Wildman–Crippen MR) is 111 cm³/mol. The van der Waals surface area contributed by atoms with E-state index in [1.165, 1.54) is 0 Å². The Morgan fingerprint density at radius 2 is 2.21 bits per heavy atom. The average Bonchev–Trinajstić information content (AvgIpc) is 2.98. The highest BCUT2D eigenvalue weighted by Gasteiger charge is 2.32. The second-order valence-electron chi connectivity index (χ2n) is 6.68. The number of amides is 1. The molecule has 1 aliphatic rings. The first-order chi connectivity index (χ1) is 14.0. The number of rotatable bonds is 10. The largest absolute Gasteiger partial charge is 0.481 e. The van der Waals surface area contributed by atoms with Crippen molar-refractivity contribution in [3.63, 3.8) is 0 Å². The molecule has 8 nitrogen and oxygen atoms in total. The van der Waals surface area contributed by atoms with E-state index < -0.39 is 5.97 Å². The molecule has 0 saturated carbocycles. The summed E-state index contributed by atoms with van der Waals surface area (Å²) in [4.78, 5) is 34.5. The minimum atomic E-state index is -0.861. The molecule has 2 aromatic rings. The number of hydrogen-bond donors (Lipinski definition) is 2. The van der Waals surface area contributed by atoms with Gasteiger partial charge in [-0.25, -0.2) is 0 Å². The minimum Gasteiger partial charge on any atom is -0.481 e. The van der Waals surface area contributed by atoms with Gasteiger partial charge in [0.05, 0.1) is 19.4 Å². The van der Waals surface area contributed by atoms with Crippen molar-refractivity contribution in [2.75, 3.05) is 29.5 Å². The first kappa shape index (κ1) is 20.9. The Bertz CT molecular complexity index is 906. The van der Waals surface area contributed by atoms with Crippen molar-refractivity contribution in [3.8, 4) is 6.01 Å². The van der Waals surface area contributed by atoms with Gasteiger partial charge in [-0.05, 0) is 24.1 Å². The van der Waals surface area contributed by atoms with Crippen LogP contribution in [0.15, 0.2) is 29.2 Å². The number of ether oxygens (including phenoxy) is 1. The van der Waals surface area contributed by atoms with Crippen LogP contribution in [0.4, 0.5) is 11.6 Å². The highest BCUT2D eigenvalue weighted by Crippen LogP contribution is 2.32. The number of nitrogens with zero attached hydrogens (tertiary/aromatic N) is 3. The van der Waals surface area contributed by atoms with Crippen LogP contribution in [-0.2, 0) is 22.4 Å². The number of nitrogen functional groups attached to an aromatic ring is 1. The minimum absolute atomic E-state index is 0.0105. The lowest BCUT2D eigenvalue weighted by Crippen LogP contribution is -2.29. The summed E-state index contributed by atoms with van der Waals surface area (Å²) >= 11 is 1.56. The maximum absolute atomic E-state index is 12.5. The van der Waals surface area contributed by atoms with Gasteiger partial charge in [-0.15, -0.1) is 11.8 Å². The summed E-state index contributed by atoms with van der Waals surface area (Å²) in [5.74, 6) is 0.519. The first-order valence-corrected chi connectivity index (χ1v) is 10.5. The monoisotopic (exact) mass is 416 g/mol. The first-order valence-electron chi connectivity index (χ1n) is 9.51. The molecule has 0 aliphatic carbocycles. The van der Waals surface area contributed by atoms with E-state index in [0.29, 0.717) is 30.3 Å². The summed E-state index contributed by atoms with van der Waals surface area (Å²) in [5, 5.41) is 8.93. The lowest BCUT2D eigenvalue weighted by Gasteiger charge is -2.17. The summed E-state index contributed by atoms with van der Waals surface area (Å²) in [6.07, 6.45) is 2.06. The number of thioether (sulfide) groups is 1. The van der Waals surface area contributed by atoms with Crippen LogP contribution in [0.25, 0.3) is 0 Å². The second-order valence-corrected chi connectivity index (χ2v) is 7.85. The number of carboxylic acid groups (broad SMARTS) is 1. The number of fused-ring (bicyclic) bond motifs is 1. The highest BCUT2D eigenvalue weighted by atomic mass is 32.2. The Balaban J connectivity index is 1.65. The van der Waals surface area contributed by atoms with Crippen LogP contribution in [0.2, 0.25) is 0 Å². The van der Waals surface area contributed by atoms with Gasteiger partial charge in [-0.2, -0.15) is 9.97 Å². The zero-order valence-corrected chi connectivity index (χ0v) is 17.1. The van der Waals surface area contributed by atoms with Crippen molar-refractivity contribution in [3.05, 3.63) is 35.4 Å². The molecule has 0 unspecified atom stereocenters. The second kappa shape index (κ2) is 9.60. The molecule has 1 aromatic heterocycles. The van der Waals surface area contributed by atoms with Crippen LogP contribution in [0.3, 0.4) is 0 Å². The van der Waals surface area contributed by atoms with Gasteiger partial charge in [0, 0.05) is 22.8 Å². The lowest BCUT2D eigenvalue weighted by atomic mass is 10.2. The fourth-order valence-corrected chi connectivity index (χ4v) is 3.92. The molecule has 0 spiro atoms. The maximum atomic E-state index is 12.5. The number of anilines is 2. The molecule has 29 heavy (non-hydrogen) atoms. The zero-order valence-electron chi connectivity index (χ0n) is 16.3. The van der Waals surface area contributed by atoms with Gasteiger partial charge in [0.1, 0.15) is 11.6 Å². The van der Waals surface area contributed by atoms with E-state index in [9.17, 15) is 9.59 Å². The molecule has 1 amide bonds.